The fourth-order valence-corrected chi connectivity index (χ4v) is 0.935. The predicted molar refractivity (Wildman–Crippen MR) is 51.6 cm³/mol. The lowest BCUT2D eigenvalue weighted by molar-refractivity contribution is -0.122. The Kier molecular flexibility index (Phi) is 6.82. The van der Waals surface area contributed by atoms with Crippen molar-refractivity contribution >= 4 is 5.78 Å². The first-order valence-corrected chi connectivity index (χ1v) is 4.86. The summed E-state index contributed by atoms with van der Waals surface area (Å²) < 4.78 is 5.03. The van der Waals surface area contributed by atoms with Gasteiger partial charge in [-0.25, -0.2) is 0 Å². The molecule has 0 fully saturated rings. The third kappa shape index (κ3) is 6.72. The summed E-state index contributed by atoms with van der Waals surface area (Å²) in [7, 11) is 0. The third-order valence-electron chi connectivity index (χ3n) is 1.88. The van der Waals surface area contributed by atoms with Crippen molar-refractivity contribution < 1.29 is 14.6 Å². The van der Waals surface area contributed by atoms with Gasteiger partial charge in [0.2, 0.25) is 0 Å². The molecule has 1 unspecified atom stereocenters. The van der Waals surface area contributed by atoms with Crippen molar-refractivity contribution in [2.45, 2.75) is 39.7 Å². The first-order chi connectivity index (χ1) is 6.07. The molecule has 0 rings (SSSR count). The average Bonchev–Trinajstić information content (AvgIpc) is 2.10. The van der Waals surface area contributed by atoms with Crippen LogP contribution in [-0.2, 0) is 9.53 Å². The highest BCUT2D eigenvalue weighted by atomic mass is 16.5. The lowest BCUT2D eigenvalue weighted by Crippen LogP contribution is -2.18. The van der Waals surface area contributed by atoms with Gasteiger partial charge in [0, 0.05) is 18.9 Å². The molecule has 0 amide bonds. The van der Waals surface area contributed by atoms with E-state index in [1.807, 2.05) is 20.8 Å². The van der Waals surface area contributed by atoms with Crippen LogP contribution in [0.15, 0.2) is 0 Å². The molecule has 3 nitrogen and oxygen atoms in total. The monoisotopic (exact) mass is 188 g/mol. The number of ether oxygens (including phenoxy) is 1. The zero-order valence-electron chi connectivity index (χ0n) is 8.75. The predicted octanol–water partition coefficient (Wildman–Crippen LogP) is 1.39. The first-order valence-electron chi connectivity index (χ1n) is 4.86. The van der Waals surface area contributed by atoms with E-state index < -0.39 is 6.10 Å². The molecular formula is C10H20O3. The lowest BCUT2D eigenvalue weighted by Gasteiger charge is -2.10. The number of aliphatic hydroxyl groups excluding tert-OH is 1. The van der Waals surface area contributed by atoms with Gasteiger partial charge >= 0.3 is 0 Å². The van der Waals surface area contributed by atoms with Crippen molar-refractivity contribution in [3.8, 4) is 0 Å². The highest BCUT2D eigenvalue weighted by Gasteiger charge is 2.10. The first kappa shape index (κ1) is 12.6. The van der Waals surface area contributed by atoms with Crippen LogP contribution >= 0.6 is 0 Å². The number of hydrogen-bond acceptors (Lipinski definition) is 3. The minimum Gasteiger partial charge on any atom is -0.391 e. The molecule has 0 aliphatic carbocycles. The van der Waals surface area contributed by atoms with E-state index in [9.17, 15) is 9.90 Å². The van der Waals surface area contributed by atoms with Crippen LogP contribution < -0.4 is 0 Å². The standard InChI is InChI=1S/C10H20O3/c1-4-13-7-9(11)5-6-10(12)8(2)3/h8-9,11H,4-7H2,1-3H3. The number of aliphatic hydroxyl groups is 1. The lowest BCUT2D eigenvalue weighted by atomic mass is 10.0. The molecule has 1 atom stereocenters. The highest BCUT2D eigenvalue weighted by molar-refractivity contribution is 5.80. The summed E-state index contributed by atoms with van der Waals surface area (Å²) >= 11 is 0. The van der Waals surface area contributed by atoms with Gasteiger partial charge in [0.05, 0.1) is 12.7 Å². The van der Waals surface area contributed by atoms with Crippen molar-refractivity contribution in [3.63, 3.8) is 0 Å². The number of ketones is 1. The van der Waals surface area contributed by atoms with Crippen LogP contribution in [0.3, 0.4) is 0 Å². The normalized spacial score (nSPS) is 13.3. The maximum Gasteiger partial charge on any atom is 0.135 e. The number of Topliss-reactive ketones (excluding diaryl/α,β-unsaturated/α-hetero) is 1. The van der Waals surface area contributed by atoms with Gasteiger partial charge < -0.3 is 9.84 Å². The second-order valence-corrected chi connectivity index (χ2v) is 3.47. The fourth-order valence-electron chi connectivity index (χ4n) is 0.935. The van der Waals surface area contributed by atoms with Crippen molar-refractivity contribution in [2.24, 2.45) is 5.92 Å². The van der Waals surface area contributed by atoms with E-state index >= 15 is 0 Å². The minimum atomic E-state index is -0.498. The van der Waals surface area contributed by atoms with Crippen LogP contribution in [0.1, 0.15) is 33.6 Å². The van der Waals surface area contributed by atoms with Crippen molar-refractivity contribution in [2.75, 3.05) is 13.2 Å². The average molecular weight is 188 g/mol. The molecule has 0 heterocycles. The SMILES string of the molecule is CCOCC(O)CCC(=O)C(C)C. The van der Waals surface area contributed by atoms with E-state index in [4.69, 9.17) is 4.74 Å². The maximum atomic E-state index is 11.2. The Morgan fingerprint density at radius 1 is 1.46 bits per heavy atom. The van der Waals surface area contributed by atoms with Crippen LogP contribution in [-0.4, -0.2) is 30.2 Å². The van der Waals surface area contributed by atoms with Gasteiger partial charge in [-0.05, 0) is 13.3 Å². The summed E-state index contributed by atoms with van der Waals surface area (Å²) in [4.78, 5) is 11.2. The van der Waals surface area contributed by atoms with Crippen molar-refractivity contribution in [1.82, 2.24) is 0 Å². The Balaban J connectivity index is 3.46. The maximum absolute atomic E-state index is 11.2. The topological polar surface area (TPSA) is 46.5 Å². The summed E-state index contributed by atoms with van der Waals surface area (Å²) in [6, 6.07) is 0. The van der Waals surface area contributed by atoms with Gasteiger partial charge in [-0.3, -0.25) is 4.79 Å². The summed E-state index contributed by atoms with van der Waals surface area (Å²) in [5, 5.41) is 9.33. The largest absolute Gasteiger partial charge is 0.391 e. The van der Waals surface area contributed by atoms with Crippen LogP contribution in [0.4, 0.5) is 0 Å². The van der Waals surface area contributed by atoms with E-state index in [1.165, 1.54) is 0 Å². The number of hydrogen-bond donors (Lipinski definition) is 1. The zero-order valence-corrected chi connectivity index (χ0v) is 8.75. The molecule has 0 aliphatic rings. The Hall–Kier alpha value is -0.410. The van der Waals surface area contributed by atoms with Crippen LogP contribution in [0, 0.1) is 5.92 Å². The van der Waals surface area contributed by atoms with E-state index in [-0.39, 0.29) is 11.7 Å². The molecule has 0 bridgehead atoms. The second-order valence-electron chi connectivity index (χ2n) is 3.47. The van der Waals surface area contributed by atoms with Crippen LogP contribution in [0.2, 0.25) is 0 Å². The molecule has 0 aromatic heterocycles. The minimum absolute atomic E-state index is 0.0688. The fraction of sp³-hybridized carbons (Fsp3) is 0.900. The summed E-state index contributed by atoms with van der Waals surface area (Å²) in [5.74, 6) is 0.273. The molecule has 0 spiro atoms. The molecule has 0 aromatic rings. The number of carbonyl (C=O) groups is 1. The molecule has 0 aliphatic heterocycles. The van der Waals surface area contributed by atoms with Gasteiger partial charge in [0.25, 0.3) is 0 Å². The van der Waals surface area contributed by atoms with Crippen molar-refractivity contribution in [3.05, 3.63) is 0 Å². The summed E-state index contributed by atoms with van der Waals surface area (Å²) in [5.41, 5.74) is 0. The van der Waals surface area contributed by atoms with Gasteiger partial charge in [-0.15, -0.1) is 0 Å². The number of rotatable bonds is 7. The Morgan fingerprint density at radius 2 is 2.08 bits per heavy atom. The van der Waals surface area contributed by atoms with E-state index in [2.05, 4.69) is 0 Å². The van der Waals surface area contributed by atoms with Crippen molar-refractivity contribution in [1.29, 1.82) is 0 Å². The quantitative estimate of drug-likeness (QED) is 0.656. The molecule has 0 saturated heterocycles. The van der Waals surface area contributed by atoms with Crippen LogP contribution in [0.5, 0.6) is 0 Å². The second kappa shape index (κ2) is 7.04. The van der Waals surface area contributed by atoms with Crippen LogP contribution in [0.25, 0.3) is 0 Å². The van der Waals surface area contributed by atoms with E-state index in [1.54, 1.807) is 0 Å². The molecule has 3 heteroatoms. The summed E-state index contributed by atoms with van der Waals surface area (Å²) in [6.07, 6.45) is 0.464. The molecule has 1 N–H and O–H groups in total. The van der Waals surface area contributed by atoms with E-state index in [0.717, 1.165) is 0 Å². The Bertz CT molecular complexity index is 143. The highest BCUT2D eigenvalue weighted by Crippen LogP contribution is 2.04. The Labute approximate surface area is 80.1 Å². The zero-order chi connectivity index (χ0) is 10.3. The molecule has 0 aromatic carbocycles. The number of carbonyl (C=O) groups excluding carboxylic acids is 1. The third-order valence-corrected chi connectivity index (χ3v) is 1.88. The molecule has 78 valence electrons. The molecular weight excluding hydrogens is 168 g/mol. The van der Waals surface area contributed by atoms with Gasteiger partial charge in [-0.1, -0.05) is 13.8 Å². The molecule has 0 saturated carbocycles. The summed E-state index contributed by atoms with van der Waals surface area (Å²) in [6.45, 7) is 6.57. The van der Waals surface area contributed by atoms with Gasteiger partial charge in [-0.2, -0.15) is 0 Å². The Morgan fingerprint density at radius 3 is 2.54 bits per heavy atom. The molecule has 13 heavy (non-hydrogen) atoms. The van der Waals surface area contributed by atoms with Gasteiger partial charge in [0.15, 0.2) is 0 Å². The van der Waals surface area contributed by atoms with E-state index in [0.29, 0.717) is 26.1 Å². The smallest absolute Gasteiger partial charge is 0.135 e. The molecule has 0 radical (unpaired) electrons. The van der Waals surface area contributed by atoms with Gasteiger partial charge in [0.1, 0.15) is 5.78 Å².